The highest BCUT2D eigenvalue weighted by atomic mass is 32.2. The SMILES string of the molecule is Cc1c(Cc2cnc(SCCCCCCCCc3ccccc3)[nH]c2=O)cc[nH]c1=O. The van der Waals surface area contributed by atoms with Crippen molar-refractivity contribution < 1.29 is 0 Å². The quantitative estimate of drug-likeness (QED) is 0.237. The summed E-state index contributed by atoms with van der Waals surface area (Å²) >= 11 is 1.60. The Bertz CT molecular complexity index is 1060. The molecule has 1 aromatic carbocycles. The first-order valence-corrected chi connectivity index (χ1v) is 12.0. The Hall–Kier alpha value is -2.60. The standard InChI is InChI=1S/C25H31N3O2S/c1-19-21(14-15-26-23(19)29)17-22-18-27-25(28-24(22)30)31-16-10-5-3-2-4-7-11-20-12-8-6-9-13-20/h6,8-9,12-15,18H,2-5,7,10-11,16-17H2,1H3,(H,26,29)(H,27,28,30). The van der Waals surface area contributed by atoms with E-state index in [-0.39, 0.29) is 11.1 Å². The average Bonchev–Trinajstić information content (AvgIpc) is 2.78. The topological polar surface area (TPSA) is 78.6 Å². The molecule has 164 valence electrons. The van der Waals surface area contributed by atoms with Gasteiger partial charge in [-0.3, -0.25) is 9.59 Å². The molecule has 0 radical (unpaired) electrons. The molecule has 0 aliphatic heterocycles. The molecule has 5 nitrogen and oxygen atoms in total. The Kier molecular flexibility index (Phi) is 9.16. The Morgan fingerprint density at radius 1 is 0.871 bits per heavy atom. The highest BCUT2D eigenvalue weighted by Gasteiger charge is 2.08. The van der Waals surface area contributed by atoms with Crippen LogP contribution in [0.4, 0.5) is 0 Å². The molecule has 0 aliphatic rings. The molecule has 0 amide bonds. The Labute approximate surface area is 187 Å². The molecule has 2 heterocycles. The normalized spacial score (nSPS) is 11.0. The summed E-state index contributed by atoms with van der Waals surface area (Å²) in [6.07, 6.45) is 12.2. The molecule has 2 aromatic heterocycles. The monoisotopic (exact) mass is 437 g/mol. The van der Waals surface area contributed by atoms with Crippen molar-refractivity contribution in [3.8, 4) is 0 Å². The van der Waals surface area contributed by atoms with Gasteiger partial charge in [0, 0.05) is 35.7 Å². The van der Waals surface area contributed by atoms with Crippen LogP contribution in [-0.4, -0.2) is 20.7 Å². The van der Waals surface area contributed by atoms with E-state index in [1.807, 2.05) is 6.07 Å². The fraction of sp³-hybridized carbons (Fsp3) is 0.400. The van der Waals surface area contributed by atoms with Gasteiger partial charge in [-0.05, 0) is 43.4 Å². The lowest BCUT2D eigenvalue weighted by atomic mass is 10.0. The third kappa shape index (κ3) is 7.55. The number of H-pyrrole nitrogens is 2. The predicted molar refractivity (Wildman–Crippen MR) is 128 cm³/mol. The molecule has 0 saturated carbocycles. The second-order valence-electron chi connectivity index (χ2n) is 7.88. The molecule has 3 rings (SSSR count). The van der Waals surface area contributed by atoms with Crippen molar-refractivity contribution >= 4 is 11.8 Å². The minimum Gasteiger partial charge on any atom is -0.329 e. The van der Waals surface area contributed by atoms with Crippen LogP contribution in [0, 0.1) is 6.92 Å². The third-order valence-electron chi connectivity index (χ3n) is 5.49. The average molecular weight is 438 g/mol. The summed E-state index contributed by atoms with van der Waals surface area (Å²) in [5, 5.41) is 0.666. The van der Waals surface area contributed by atoms with Crippen LogP contribution in [0.1, 0.15) is 60.8 Å². The first kappa shape index (κ1) is 23.1. The summed E-state index contributed by atoms with van der Waals surface area (Å²) in [6.45, 7) is 1.77. The second kappa shape index (κ2) is 12.3. The van der Waals surface area contributed by atoms with Crippen molar-refractivity contribution in [1.82, 2.24) is 15.0 Å². The number of unbranched alkanes of at least 4 members (excludes halogenated alkanes) is 5. The number of aryl methyl sites for hydroxylation is 1. The van der Waals surface area contributed by atoms with Gasteiger partial charge < -0.3 is 9.97 Å². The van der Waals surface area contributed by atoms with Crippen LogP contribution < -0.4 is 11.1 Å². The van der Waals surface area contributed by atoms with Crippen LogP contribution in [0.3, 0.4) is 0 Å². The first-order valence-electron chi connectivity index (χ1n) is 11.1. The summed E-state index contributed by atoms with van der Waals surface area (Å²) in [6, 6.07) is 12.5. The molecule has 0 bridgehead atoms. The van der Waals surface area contributed by atoms with Crippen molar-refractivity contribution in [3.63, 3.8) is 0 Å². The molecule has 6 heteroatoms. The molecule has 0 aliphatic carbocycles. The molecule has 3 aromatic rings. The van der Waals surface area contributed by atoms with Crippen LogP contribution in [0.25, 0.3) is 0 Å². The summed E-state index contributed by atoms with van der Waals surface area (Å²) < 4.78 is 0. The lowest BCUT2D eigenvalue weighted by Crippen LogP contribution is -2.17. The largest absolute Gasteiger partial charge is 0.329 e. The minimum atomic E-state index is -0.129. The van der Waals surface area contributed by atoms with Crippen LogP contribution in [0.15, 0.2) is 63.5 Å². The Morgan fingerprint density at radius 3 is 2.39 bits per heavy atom. The van der Waals surface area contributed by atoms with E-state index in [1.54, 1.807) is 31.1 Å². The number of pyridine rings is 1. The highest BCUT2D eigenvalue weighted by molar-refractivity contribution is 7.99. The number of hydrogen-bond donors (Lipinski definition) is 2. The van der Waals surface area contributed by atoms with Gasteiger partial charge in [0.1, 0.15) is 0 Å². The molecular formula is C25H31N3O2S. The fourth-order valence-electron chi connectivity index (χ4n) is 3.55. The zero-order valence-corrected chi connectivity index (χ0v) is 19.0. The van der Waals surface area contributed by atoms with Gasteiger partial charge in [0.15, 0.2) is 5.16 Å². The van der Waals surface area contributed by atoms with Crippen LogP contribution in [0.5, 0.6) is 0 Å². The Morgan fingerprint density at radius 2 is 1.61 bits per heavy atom. The maximum Gasteiger partial charge on any atom is 0.255 e. The van der Waals surface area contributed by atoms with Gasteiger partial charge >= 0.3 is 0 Å². The predicted octanol–water partition coefficient (Wildman–Crippen LogP) is 5.03. The van der Waals surface area contributed by atoms with Gasteiger partial charge in [0.25, 0.3) is 11.1 Å². The van der Waals surface area contributed by atoms with E-state index in [2.05, 4.69) is 45.3 Å². The van der Waals surface area contributed by atoms with E-state index in [9.17, 15) is 9.59 Å². The second-order valence-corrected chi connectivity index (χ2v) is 8.97. The van der Waals surface area contributed by atoms with E-state index < -0.39 is 0 Å². The molecule has 0 spiro atoms. The van der Waals surface area contributed by atoms with E-state index in [0.717, 1.165) is 17.7 Å². The van der Waals surface area contributed by atoms with Gasteiger partial charge in [0.05, 0.1) is 0 Å². The van der Waals surface area contributed by atoms with Gasteiger partial charge in [-0.25, -0.2) is 4.98 Å². The van der Waals surface area contributed by atoms with Crippen molar-refractivity contribution in [3.05, 3.63) is 91.8 Å². The van der Waals surface area contributed by atoms with Crippen molar-refractivity contribution in [2.24, 2.45) is 0 Å². The number of aromatic amines is 2. The first-order chi connectivity index (χ1) is 15.1. The highest BCUT2D eigenvalue weighted by Crippen LogP contribution is 2.16. The maximum absolute atomic E-state index is 12.4. The Balaban J connectivity index is 1.32. The number of thioether (sulfide) groups is 1. The molecule has 2 N–H and O–H groups in total. The number of rotatable bonds is 12. The zero-order chi connectivity index (χ0) is 21.9. The molecule has 0 atom stereocenters. The van der Waals surface area contributed by atoms with Gasteiger partial charge in [-0.2, -0.15) is 0 Å². The van der Waals surface area contributed by atoms with Gasteiger partial charge in [-0.15, -0.1) is 0 Å². The molecule has 31 heavy (non-hydrogen) atoms. The van der Waals surface area contributed by atoms with E-state index in [0.29, 0.717) is 22.7 Å². The van der Waals surface area contributed by atoms with Crippen molar-refractivity contribution in [2.45, 2.75) is 63.4 Å². The number of nitrogens with one attached hydrogen (secondary N) is 2. The third-order valence-corrected chi connectivity index (χ3v) is 6.47. The lowest BCUT2D eigenvalue weighted by molar-refractivity contribution is 0.609. The van der Waals surface area contributed by atoms with Crippen molar-refractivity contribution in [1.29, 1.82) is 0 Å². The number of hydrogen-bond acceptors (Lipinski definition) is 4. The van der Waals surface area contributed by atoms with E-state index in [4.69, 9.17) is 0 Å². The van der Waals surface area contributed by atoms with Crippen LogP contribution >= 0.6 is 11.8 Å². The molecule has 0 saturated heterocycles. The number of benzene rings is 1. The van der Waals surface area contributed by atoms with Crippen molar-refractivity contribution in [2.75, 3.05) is 5.75 Å². The number of aromatic nitrogens is 3. The van der Waals surface area contributed by atoms with Crippen LogP contribution in [0.2, 0.25) is 0 Å². The van der Waals surface area contributed by atoms with Gasteiger partial charge in [0.2, 0.25) is 0 Å². The summed E-state index contributed by atoms with van der Waals surface area (Å²) in [7, 11) is 0. The molecular weight excluding hydrogens is 406 g/mol. The minimum absolute atomic E-state index is 0.120. The molecule has 0 unspecified atom stereocenters. The van der Waals surface area contributed by atoms with E-state index >= 15 is 0 Å². The summed E-state index contributed by atoms with van der Waals surface area (Å²) in [4.78, 5) is 34.0. The van der Waals surface area contributed by atoms with Crippen LogP contribution in [-0.2, 0) is 12.8 Å². The summed E-state index contributed by atoms with van der Waals surface area (Å²) in [5.41, 5.74) is 3.24. The lowest BCUT2D eigenvalue weighted by Gasteiger charge is -2.06. The summed E-state index contributed by atoms with van der Waals surface area (Å²) in [5.74, 6) is 0.958. The van der Waals surface area contributed by atoms with E-state index in [1.165, 1.54) is 44.1 Å². The smallest absolute Gasteiger partial charge is 0.255 e. The molecule has 0 fully saturated rings. The fourth-order valence-corrected chi connectivity index (χ4v) is 4.38. The maximum atomic E-state index is 12.4. The zero-order valence-electron chi connectivity index (χ0n) is 18.2. The number of nitrogens with zero attached hydrogens (tertiary/aromatic N) is 1. The van der Waals surface area contributed by atoms with Gasteiger partial charge in [-0.1, -0.05) is 67.8 Å².